The Kier molecular flexibility index (Phi) is 7.95. The molecule has 10 atom stereocenters. The van der Waals surface area contributed by atoms with Crippen molar-refractivity contribution < 1.29 is 64.6 Å². The molecule has 0 bridgehead atoms. The first kappa shape index (κ1) is 29.2. The van der Waals surface area contributed by atoms with E-state index in [1.54, 1.807) is 0 Å². The third-order valence-electron chi connectivity index (χ3n) is 7.40. The van der Waals surface area contributed by atoms with Crippen molar-refractivity contribution in [3.8, 4) is 28.6 Å². The SMILES string of the molecule is C[C@@H]1O[C@@H](O[C@H]2C(c3c(O)cc(O)c4c(=O)cc(-c5ccc(O)cc5)oc34)O[C@H](CO)[C@@H](O)[C@@H]2O)[C@H](O)[C@H](O)[C@H]1O. The van der Waals surface area contributed by atoms with Gasteiger partial charge in [-0.25, -0.2) is 0 Å². The number of hydrogen-bond acceptors (Lipinski definition) is 14. The molecule has 2 fully saturated rings. The van der Waals surface area contributed by atoms with E-state index in [1.165, 1.54) is 31.2 Å². The third kappa shape index (κ3) is 5.14. The Balaban J connectivity index is 1.67. The van der Waals surface area contributed by atoms with Gasteiger partial charge in [-0.15, -0.1) is 0 Å². The van der Waals surface area contributed by atoms with Gasteiger partial charge in [0.25, 0.3) is 0 Å². The number of aliphatic hydroxyl groups is 6. The van der Waals surface area contributed by atoms with Crippen LogP contribution in [-0.4, -0.2) is 108 Å². The minimum Gasteiger partial charge on any atom is -0.508 e. The van der Waals surface area contributed by atoms with Crippen LogP contribution in [0.1, 0.15) is 18.6 Å². The number of hydrogen-bond donors (Lipinski definition) is 9. The number of rotatable bonds is 5. The van der Waals surface area contributed by atoms with Crippen molar-refractivity contribution in [1.29, 1.82) is 0 Å². The van der Waals surface area contributed by atoms with E-state index in [1.807, 2.05) is 0 Å². The molecular formula is C27H30O14. The predicted octanol–water partition coefficient (Wildman–Crippen LogP) is -1.06. The van der Waals surface area contributed by atoms with E-state index >= 15 is 0 Å². The molecule has 1 aromatic heterocycles. The Hall–Kier alpha value is -3.31. The molecule has 14 heteroatoms. The summed E-state index contributed by atoms with van der Waals surface area (Å²) in [5, 5.41) is 93.0. The highest BCUT2D eigenvalue weighted by molar-refractivity contribution is 5.89. The second-order valence-electron chi connectivity index (χ2n) is 10.1. The molecule has 9 N–H and O–H groups in total. The fourth-order valence-corrected chi connectivity index (χ4v) is 5.12. The van der Waals surface area contributed by atoms with Crippen LogP contribution >= 0.6 is 0 Å². The maximum absolute atomic E-state index is 13.1. The molecule has 41 heavy (non-hydrogen) atoms. The van der Waals surface area contributed by atoms with Crippen molar-refractivity contribution in [3.05, 3.63) is 52.2 Å². The monoisotopic (exact) mass is 578 g/mol. The molecule has 2 aliphatic heterocycles. The molecular weight excluding hydrogens is 548 g/mol. The number of phenols is 3. The van der Waals surface area contributed by atoms with E-state index in [0.29, 0.717) is 5.56 Å². The number of aliphatic hydroxyl groups excluding tert-OH is 6. The molecule has 14 nitrogen and oxygen atoms in total. The number of phenolic OH excluding ortho intramolecular Hbond substituents is 3. The van der Waals surface area contributed by atoms with Gasteiger partial charge in [-0.3, -0.25) is 4.79 Å². The summed E-state index contributed by atoms with van der Waals surface area (Å²) >= 11 is 0. The van der Waals surface area contributed by atoms with Crippen LogP contribution < -0.4 is 5.43 Å². The average molecular weight is 579 g/mol. The predicted molar refractivity (Wildman–Crippen MR) is 137 cm³/mol. The first-order chi connectivity index (χ1) is 19.4. The quantitative estimate of drug-likeness (QED) is 0.175. The highest BCUT2D eigenvalue weighted by Gasteiger charge is 2.51. The van der Waals surface area contributed by atoms with Gasteiger partial charge < -0.3 is 64.6 Å². The lowest BCUT2D eigenvalue weighted by molar-refractivity contribution is -0.338. The lowest BCUT2D eigenvalue weighted by Crippen LogP contribution is -2.61. The average Bonchev–Trinajstić information content (AvgIpc) is 2.93. The van der Waals surface area contributed by atoms with Crippen LogP contribution in [0.3, 0.4) is 0 Å². The molecule has 222 valence electrons. The number of aromatic hydroxyl groups is 3. The molecule has 0 amide bonds. The molecule has 0 spiro atoms. The fourth-order valence-electron chi connectivity index (χ4n) is 5.12. The molecule has 0 radical (unpaired) electrons. The van der Waals surface area contributed by atoms with Gasteiger partial charge in [0, 0.05) is 17.7 Å². The molecule has 3 heterocycles. The van der Waals surface area contributed by atoms with Crippen LogP contribution in [0, 0.1) is 0 Å². The Morgan fingerprint density at radius 1 is 0.829 bits per heavy atom. The van der Waals surface area contributed by atoms with Gasteiger partial charge in [-0.1, -0.05) is 0 Å². The van der Waals surface area contributed by atoms with Gasteiger partial charge in [-0.2, -0.15) is 0 Å². The minimum atomic E-state index is -1.85. The highest BCUT2D eigenvalue weighted by atomic mass is 16.7. The molecule has 2 aromatic carbocycles. The van der Waals surface area contributed by atoms with Crippen molar-refractivity contribution in [2.24, 2.45) is 0 Å². The summed E-state index contributed by atoms with van der Waals surface area (Å²) in [4.78, 5) is 13.1. The summed E-state index contributed by atoms with van der Waals surface area (Å²) in [6.07, 6.45) is -16.0. The van der Waals surface area contributed by atoms with Crippen LogP contribution in [0.5, 0.6) is 17.2 Å². The normalized spacial score (nSPS) is 34.1. The zero-order chi connectivity index (χ0) is 29.7. The zero-order valence-electron chi connectivity index (χ0n) is 21.5. The third-order valence-corrected chi connectivity index (χ3v) is 7.40. The summed E-state index contributed by atoms with van der Waals surface area (Å²) in [5.74, 6) is -1.39. The van der Waals surface area contributed by atoms with E-state index in [0.717, 1.165) is 12.1 Å². The van der Waals surface area contributed by atoms with E-state index in [-0.39, 0.29) is 28.0 Å². The molecule has 5 rings (SSSR count). The van der Waals surface area contributed by atoms with Crippen molar-refractivity contribution in [3.63, 3.8) is 0 Å². The van der Waals surface area contributed by atoms with Gasteiger partial charge in [0.15, 0.2) is 17.3 Å². The maximum atomic E-state index is 13.1. The zero-order valence-corrected chi connectivity index (χ0v) is 21.5. The Labute approximate surface area is 231 Å². The highest BCUT2D eigenvalue weighted by Crippen LogP contribution is 2.45. The van der Waals surface area contributed by atoms with Crippen LogP contribution in [0.15, 0.2) is 45.6 Å². The van der Waals surface area contributed by atoms with Crippen molar-refractivity contribution in [1.82, 2.24) is 0 Å². The van der Waals surface area contributed by atoms with E-state index < -0.39 is 84.8 Å². The Morgan fingerprint density at radius 2 is 1.51 bits per heavy atom. The topological polar surface area (TPSA) is 240 Å². The van der Waals surface area contributed by atoms with Crippen LogP contribution in [0.2, 0.25) is 0 Å². The van der Waals surface area contributed by atoms with Gasteiger partial charge in [-0.05, 0) is 31.2 Å². The minimum absolute atomic E-state index is 0.0294. The van der Waals surface area contributed by atoms with Gasteiger partial charge in [0.05, 0.1) is 18.3 Å². The smallest absolute Gasteiger partial charge is 0.197 e. The summed E-state index contributed by atoms with van der Waals surface area (Å²) < 4.78 is 23.0. The molecule has 0 saturated carbocycles. The van der Waals surface area contributed by atoms with E-state index in [4.69, 9.17) is 18.6 Å². The van der Waals surface area contributed by atoms with Crippen molar-refractivity contribution in [2.45, 2.75) is 68.1 Å². The number of fused-ring (bicyclic) bond motifs is 1. The molecule has 2 aliphatic rings. The molecule has 0 aliphatic carbocycles. The molecule has 2 saturated heterocycles. The lowest BCUT2D eigenvalue weighted by atomic mass is 9.89. The fraction of sp³-hybridized carbons (Fsp3) is 0.444. The Bertz CT molecular complexity index is 1460. The van der Waals surface area contributed by atoms with Crippen LogP contribution in [-0.2, 0) is 14.2 Å². The van der Waals surface area contributed by atoms with Crippen molar-refractivity contribution in [2.75, 3.05) is 6.61 Å². The van der Waals surface area contributed by atoms with Gasteiger partial charge >= 0.3 is 0 Å². The maximum Gasteiger partial charge on any atom is 0.197 e. The standard InChI is InChI=1S/C27H30O14/c1-9-19(33)21(35)23(37)27(38-9)41-26-22(36)20(34)16(8-28)40-25(26)18-13(31)6-12(30)17-14(32)7-15(39-24(17)18)10-2-4-11(29)5-3-10/h2-7,9,16,19-23,25-31,33-37H,8H2,1H3/t9-,16+,19-,20+,21+,22-,23+,25?,26+,27-/m0/s1. The first-order valence-electron chi connectivity index (χ1n) is 12.7. The number of ether oxygens (including phenoxy) is 3. The second kappa shape index (κ2) is 11.2. The molecule has 3 aromatic rings. The summed E-state index contributed by atoms with van der Waals surface area (Å²) in [6, 6.07) is 7.53. The van der Waals surface area contributed by atoms with Crippen molar-refractivity contribution >= 4 is 11.0 Å². The van der Waals surface area contributed by atoms with Crippen LogP contribution in [0.4, 0.5) is 0 Å². The second-order valence-corrected chi connectivity index (χ2v) is 10.1. The van der Waals surface area contributed by atoms with E-state index in [2.05, 4.69) is 0 Å². The van der Waals surface area contributed by atoms with E-state index in [9.17, 15) is 50.8 Å². The van der Waals surface area contributed by atoms with Gasteiger partial charge in [0.1, 0.15) is 77.2 Å². The van der Waals surface area contributed by atoms with Gasteiger partial charge in [0.2, 0.25) is 0 Å². The summed E-state index contributed by atoms with van der Waals surface area (Å²) in [6.45, 7) is 0.613. The first-order valence-corrected chi connectivity index (χ1v) is 12.7. The van der Waals surface area contributed by atoms with Crippen LogP contribution in [0.25, 0.3) is 22.3 Å². The lowest BCUT2D eigenvalue weighted by Gasteiger charge is -2.46. The Morgan fingerprint density at radius 3 is 2.17 bits per heavy atom. The molecule has 1 unspecified atom stereocenters. The summed E-state index contributed by atoms with van der Waals surface area (Å²) in [5.41, 5.74) is -1.08. The largest absolute Gasteiger partial charge is 0.508 e. The summed E-state index contributed by atoms with van der Waals surface area (Å²) in [7, 11) is 0. The number of benzene rings is 2.